The maximum atomic E-state index is 11.9. The predicted molar refractivity (Wildman–Crippen MR) is 67.1 cm³/mol. The van der Waals surface area contributed by atoms with Crippen molar-refractivity contribution in [2.24, 2.45) is 0 Å². The number of esters is 1. The van der Waals surface area contributed by atoms with Crippen molar-refractivity contribution in [3.05, 3.63) is 30.3 Å². The Morgan fingerprint density at radius 1 is 1.47 bits per heavy atom. The Bertz CT molecular complexity index is 367. The molecule has 0 bridgehead atoms. The lowest BCUT2D eigenvalue weighted by Crippen LogP contribution is -2.55. The third kappa shape index (κ3) is 2.77. The molecule has 2 rings (SSSR count). The molecule has 1 saturated heterocycles. The third-order valence-corrected chi connectivity index (χ3v) is 2.89. The van der Waals surface area contributed by atoms with E-state index in [0.717, 1.165) is 18.8 Å². The van der Waals surface area contributed by atoms with E-state index < -0.39 is 0 Å². The van der Waals surface area contributed by atoms with Gasteiger partial charge < -0.3 is 15.0 Å². The van der Waals surface area contributed by atoms with Gasteiger partial charge >= 0.3 is 5.97 Å². The van der Waals surface area contributed by atoms with E-state index >= 15 is 0 Å². The van der Waals surface area contributed by atoms with Crippen LogP contribution in [0.1, 0.15) is 6.92 Å². The molecular weight excluding hydrogens is 216 g/mol. The van der Waals surface area contributed by atoms with Gasteiger partial charge in [0.05, 0.1) is 6.61 Å². The molecule has 1 aromatic rings. The van der Waals surface area contributed by atoms with Gasteiger partial charge in [-0.2, -0.15) is 0 Å². The average Bonchev–Trinajstić information content (AvgIpc) is 2.40. The summed E-state index contributed by atoms with van der Waals surface area (Å²) < 4.78 is 5.11. The van der Waals surface area contributed by atoms with Crippen molar-refractivity contribution < 1.29 is 9.53 Å². The van der Waals surface area contributed by atoms with Gasteiger partial charge in [-0.15, -0.1) is 0 Å². The summed E-state index contributed by atoms with van der Waals surface area (Å²) in [5.74, 6) is -0.149. The molecule has 0 radical (unpaired) electrons. The fourth-order valence-electron chi connectivity index (χ4n) is 2.08. The van der Waals surface area contributed by atoms with Gasteiger partial charge in [0.15, 0.2) is 0 Å². The van der Waals surface area contributed by atoms with Gasteiger partial charge in [0.2, 0.25) is 0 Å². The fraction of sp³-hybridized carbons (Fsp3) is 0.462. The minimum atomic E-state index is -0.217. The molecule has 0 spiro atoms. The van der Waals surface area contributed by atoms with Gasteiger partial charge in [0, 0.05) is 25.3 Å². The van der Waals surface area contributed by atoms with Gasteiger partial charge in [-0.05, 0) is 19.1 Å². The Kier molecular flexibility index (Phi) is 3.98. The molecule has 1 N–H and O–H groups in total. The van der Waals surface area contributed by atoms with E-state index in [-0.39, 0.29) is 12.0 Å². The summed E-state index contributed by atoms with van der Waals surface area (Å²) >= 11 is 0. The van der Waals surface area contributed by atoms with E-state index in [0.29, 0.717) is 13.2 Å². The van der Waals surface area contributed by atoms with Crippen molar-refractivity contribution in [1.82, 2.24) is 5.32 Å². The van der Waals surface area contributed by atoms with Crippen LogP contribution in [0.2, 0.25) is 0 Å². The summed E-state index contributed by atoms with van der Waals surface area (Å²) in [6, 6.07) is 9.78. The predicted octanol–water partition coefficient (Wildman–Crippen LogP) is 1.03. The van der Waals surface area contributed by atoms with E-state index in [9.17, 15) is 4.79 Å². The molecule has 1 aliphatic heterocycles. The second-order valence-corrected chi connectivity index (χ2v) is 4.00. The highest BCUT2D eigenvalue weighted by Crippen LogP contribution is 2.18. The number of carbonyl (C=O) groups is 1. The van der Waals surface area contributed by atoms with Crippen molar-refractivity contribution in [3.8, 4) is 0 Å². The molecule has 92 valence electrons. The molecule has 17 heavy (non-hydrogen) atoms. The quantitative estimate of drug-likeness (QED) is 0.793. The highest BCUT2D eigenvalue weighted by molar-refractivity contribution is 5.80. The molecule has 0 aliphatic carbocycles. The highest BCUT2D eigenvalue weighted by atomic mass is 16.5. The van der Waals surface area contributed by atoms with E-state index in [4.69, 9.17) is 4.74 Å². The van der Waals surface area contributed by atoms with Crippen molar-refractivity contribution in [1.29, 1.82) is 0 Å². The van der Waals surface area contributed by atoms with Crippen molar-refractivity contribution >= 4 is 11.7 Å². The van der Waals surface area contributed by atoms with Crippen LogP contribution < -0.4 is 10.2 Å². The number of para-hydroxylation sites is 1. The van der Waals surface area contributed by atoms with Crippen LogP contribution in [-0.4, -0.2) is 38.3 Å². The van der Waals surface area contributed by atoms with Gasteiger partial charge in [0.1, 0.15) is 6.04 Å². The lowest BCUT2D eigenvalue weighted by molar-refractivity contribution is -0.144. The molecule has 1 aliphatic rings. The molecule has 0 amide bonds. The van der Waals surface area contributed by atoms with Crippen LogP contribution >= 0.6 is 0 Å². The lowest BCUT2D eigenvalue weighted by atomic mass is 10.1. The van der Waals surface area contributed by atoms with Crippen LogP contribution in [-0.2, 0) is 9.53 Å². The number of carbonyl (C=O) groups excluding carboxylic acids is 1. The van der Waals surface area contributed by atoms with E-state index in [2.05, 4.69) is 10.2 Å². The zero-order valence-electron chi connectivity index (χ0n) is 10.1. The van der Waals surface area contributed by atoms with Crippen LogP contribution in [0.4, 0.5) is 5.69 Å². The molecule has 1 unspecified atom stereocenters. The highest BCUT2D eigenvalue weighted by Gasteiger charge is 2.29. The largest absolute Gasteiger partial charge is 0.464 e. The third-order valence-electron chi connectivity index (χ3n) is 2.89. The molecule has 1 fully saturated rings. The SMILES string of the molecule is CCOC(=O)C1CNCCN1c1ccccc1. The van der Waals surface area contributed by atoms with Crippen LogP contribution in [0.3, 0.4) is 0 Å². The summed E-state index contributed by atoms with van der Waals surface area (Å²) in [5.41, 5.74) is 1.08. The van der Waals surface area contributed by atoms with Crippen LogP contribution in [0, 0.1) is 0 Å². The maximum absolute atomic E-state index is 11.9. The first-order valence-electron chi connectivity index (χ1n) is 6.02. The molecule has 4 nitrogen and oxygen atoms in total. The molecular formula is C13H18N2O2. The number of anilines is 1. The summed E-state index contributed by atoms with van der Waals surface area (Å²) in [6.45, 7) is 4.63. The molecule has 1 atom stereocenters. The average molecular weight is 234 g/mol. The Balaban J connectivity index is 2.15. The fourth-order valence-corrected chi connectivity index (χ4v) is 2.08. The maximum Gasteiger partial charge on any atom is 0.330 e. The number of hydrogen-bond donors (Lipinski definition) is 1. The minimum absolute atomic E-state index is 0.149. The molecule has 0 saturated carbocycles. The topological polar surface area (TPSA) is 41.6 Å². The van der Waals surface area contributed by atoms with Gasteiger partial charge in [0.25, 0.3) is 0 Å². The van der Waals surface area contributed by atoms with Crippen molar-refractivity contribution in [3.63, 3.8) is 0 Å². The number of rotatable bonds is 3. The number of nitrogens with zero attached hydrogens (tertiary/aromatic N) is 1. The Morgan fingerprint density at radius 3 is 2.94 bits per heavy atom. The standard InChI is InChI=1S/C13H18N2O2/c1-2-17-13(16)12-10-14-8-9-15(12)11-6-4-3-5-7-11/h3-7,12,14H,2,8-10H2,1H3. The summed E-state index contributed by atoms with van der Waals surface area (Å²) in [7, 11) is 0. The lowest BCUT2D eigenvalue weighted by Gasteiger charge is -2.36. The summed E-state index contributed by atoms with van der Waals surface area (Å²) in [4.78, 5) is 14.0. The first kappa shape index (κ1) is 11.9. The number of nitrogens with one attached hydrogen (secondary N) is 1. The van der Waals surface area contributed by atoms with Gasteiger partial charge in [-0.3, -0.25) is 0 Å². The second-order valence-electron chi connectivity index (χ2n) is 4.00. The van der Waals surface area contributed by atoms with Gasteiger partial charge in [-0.1, -0.05) is 18.2 Å². The van der Waals surface area contributed by atoms with Gasteiger partial charge in [-0.25, -0.2) is 4.79 Å². The Morgan fingerprint density at radius 2 is 2.24 bits per heavy atom. The van der Waals surface area contributed by atoms with Crippen LogP contribution in [0.25, 0.3) is 0 Å². The number of ether oxygens (including phenoxy) is 1. The van der Waals surface area contributed by atoms with E-state index in [1.165, 1.54) is 0 Å². The summed E-state index contributed by atoms with van der Waals surface area (Å²) in [6.07, 6.45) is 0. The molecule has 4 heteroatoms. The van der Waals surface area contributed by atoms with E-state index in [1.807, 2.05) is 37.3 Å². The zero-order chi connectivity index (χ0) is 12.1. The van der Waals surface area contributed by atoms with Crippen molar-refractivity contribution in [2.45, 2.75) is 13.0 Å². The van der Waals surface area contributed by atoms with E-state index in [1.54, 1.807) is 0 Å². The van der Waals surface area contributed by atoms with Crippen LogP contribution in [0.15, 0.2) is 30.3 Å². The summed E-state index contributed by atoms with van der Waals surface area (Å²) in [5, 5.41) is 3.23. The smallest absolute Gasteiger partial charge is 0.330 e. The Hall–Kier alpha value is -1.55. The van der Waals surface area contributed by atoms with Crippen LogP contribution in [0.5, 0.6) is 0 Å². The molecule has 1 heterocycles. The zero-order valence-corrected chi connectivity index (χ0v) is 10.1. The molecule has 1 aromatic carbocycles. The minimum Gasteiger partial charge on any atom is -0.464 e. The first-order valence-corrected chi connectivity index (χ1v) is 6.02. The molecule has 0 aromatic heterocycles. The van der Waals surface area contributed by atoms with Crippen molar-refractivity contribution in [2.75, 3.05) is 31.1 Å². The second kappa shape index (κ2) is 5.68. The normalized spacial score (nSPS) is 20.1. The monoisotopic (exact) mass is 234 g/mol. The number of hydrogen-bond acceptors (Lipinski definition) is 4. The number of benzene rings is 1. The first-order chi connectivity index (χ1) is 8.33. The Labute approximate surface area is 102 Å². The number of piperazine rings is 1.